The predicted octanol–water partition coefficient (Wildman–Crippen LogP) is 2.36. The normalized spacial score (nSPS) is 12.9. The zero-order chi connectivity index (χ0) is 14.7. The number of nitrogens with zero attached hydrogens (tertiary/aromatic N) is 4. The number of ether oxygens (including phenoxy) is 1. The number of rotatable bonds is 6. The molecule has 0 aliphatic heterocycles. The molecule has 2 aromatic heterocycles. The van der Waals surface area contributed by atoms with Crippen LogP contribution in [0.15, 0.2) is 6.20 Å². The van der Waals surface area contributed by atoms with E-state index < -0.39 is 6.10 Å². The molecule has 0 saturated heterocycles. The molecule has 0 aliphatic rings. The Labute approximate surface area is 122 Å². The second kappa shape index (κ2) is 6.32. The van der Waals surface area contributed by atoms with Crippen molar-refractivity contribution >= 4 is 11.5 Å². The second-order valence-electron chi connectivity index (χ2n) is 4.90. The summed E-state index contributed by atoms with van der Waals surface area (Å²) in [5, 5.41) is 19.1. The van der Waals surface area contributed by atoms with E-state index in [-0.39, 0.29) is 5.92 Å². The summed E-state index contributed by atoms with van der Waals surface area (Å²) in [7, 11) is 1.58. The Hall–Kier alpha value is -1.47. The van der Waals surface area contributed by atoms with Gasteiger partial charge in [0.25, 0.3) is 0 Å². The molecule has 20 heavy (non-hydrogen) atoms. The van der Waals surface area contributed by atoms with Gasteiger partial charge in [0.05, 0.1) is 23.9 Å². The lowest BCUT2D eigenvalue weighted by Gasteiger charge is -2.15. The average molecular weight is 296 g/mol. The van der Waals surface area contributed by atoms with Crippen molar-refractivity contribution in [3.05, 3.63) is 22.5 Å². The Morgan fingerprint density at radius 3 is 2.80 bits per heavy atom. The first kappa shape index (κ1) is 14.9. The molecule has 0 bridgehead atoms. The van der Waals surface area contributed by atoms with Crippen molar-refractivity contribution in [2.24, 2.45) is 0 Å². The molecular formula is C13H20N4O2S. The van der Waals surface area contributed by atoms with Crippen LogP contribution in [0.3, 0.4) is 0 Å². The van der Waals surface area contributed by atoms with E-state index in [0.29, 0.717) is 11.4 Å². The quantitative estimate of drug-likeness (QED) is 0.886. The molecule has 0 aromatic carbocycles. The van der Waals surface area contributed by atoms with E-state index >= 15 is 0 Å². The molecule has 1 unspecified atom stereocenters. The van der Waals surface area contributed by atoms with E-state index in [4.69, 9.17) is 4.74 Å². The van der Waals surface area contributed by atoms with Gasteiger partial charge in [-0.2, -0.15) is 5.10 Å². The fraction of sp³-hybridized carbons (Fsp3) is 0.615. The number of aliphatic hydroxyl groups excluding tert-OH is 1. The molecule has 1 N–H and O–H groups in total. The summed E-state index contributed by atoms with van der Waals surface area (Å²) in [6, 6.07) is 0. The smallest absolute Gasteiger partial charge is 0.163 e. The second-order valence-corrected chi connectivity index (χ2v) is 5.69. The first-order chi connectivity index (χ1) is 9.60. The van der Waals surface area contributed by atoms with Gasteiger partial charge in [0.1, 0.15) is 11.8 Å². The third-order valence-corrected chi connectivity index (χ3v) is 3.89. The lowest BCUT2D eigenvalue weighted by molar-refractivity contribution is 0.204. The fourth-order valence-corrected chi connectivity index (χ4v) is 2.92. The van der Waals surface area contributed by atoms with E-state index in [9.17, 15) is 5.11 Å². The highest BCUT2D eigenvalue weighted by atomic mass is 32.1. The molecule has 2 rings (SSSR count). The Kier molecular flexibility index (Phi) is 4.72. The predicted molar refractivity (Wildman–Crippen MR) is 77.1 cm³/mol. The number of methoxy groups -OCH3 is 1. The van der Waals surface area contributed by atoms with Crippen LogP contribution in [0.4, 0.5) is 0 Å². The molecule has 7 heteroatoms. The number of aryl methyl sites for hydroxylation is 1. The molecule has 110 valence electrons. The van der Waals surface area contributed by atoms with Gasteiger partial charge in [-0.1, -0.05) is 25.3 Å². The lowest BCUT2D eigenvalue weighted by atomic mass is 10.1. The molecule has 0 radical (unpaired) electrons. The highest BCUT2D eigenvalue weighted by Crippen LogP contribution is 2.35. The molecule has 2 aromatic rings. The minimum Gasteiger partial charge on any atom is -0.493 e. The zero-order valence-corrected chi connectivity index (χ0v) is 13.0. The van der Waals surface area contributed by atoms with Crippen LogP contribution in [0.25, 0.3) is 0 Å². The fourth-order valence-electron chi connectivity index (χ4n) is 2.12. The highest BCUT2D eigenvalue weighted by Gasteiger charge is 2.27. The van der Waals surface area contributed by atoms with Crippen molar-refractivity contribution < 1.29 is 9.84 Å². The van der Waals surface area contributed by atoms with Crippen LogP contribution in [0.1, 0.15) is 55.5 Å². The van der Waals surface area contributed by atoms with Crippen LogP contribution >= 0.6 is 11.5 Å². The number of hydrogen-bond donors (Lipinski definition) is 1. The van der Waals surface area contributed by atoms with Crippen molar-refractivity contribution in [2.75, 3.05) is 7.11 Å². The Morgan fingerprint density at radius 2 is 2.20 bits per heavy atom. The first-order valence-corrected chi connectivity index (χ1v) is 7.47. The van der Waals surface area contributed by atoms with Crippen LogP contribution < -0.4 is 4.74 Å². The molecule has 2 heterocycles. The molecule has 0 saturated carbocycles. The number of aliphatic hydroxyl groups is 1. The van der Waals surface area contributed by atoms with E-state index in [1.807, 2.05) is 13.8 Å². The van der Waals surface area contributed by atoms with Gasteiger partial charge >= 0.3 is 0 Å². The van der Waals surface area contributed by atoms with Gasteiger partial charge in [-0.05, 0) is 23.9 Å². The summed E-state index contributed by atoms with van der Waals surface area (Å²) in [4.78, 5) is 0.760. The van der Waals surface area contributed by atoms with Gasteiger partial charge in [0, 0.05) is 6.54 Å². The molecule has 6 nitrogen and oxygen atoms in total. The minimum absolute atomic E-state index is 0.215. The van der Waals surface area contributed by atoms with Crippen molar-refractivity contribution in [3.63, 3.8) is 0 Å². The maximum atomic E-state index is 10.7. The summed E-state index contributed by atoms with van der Waals surface area (Å²) < 4.78 is 11.1. The third-order valence-electron chi connectivity index (χ3n) is 3.09. The molecule has 0 spiro atoms. The van der Waals surface area contributed by atoms with Crippen LogP contribution in [-0.4, -0.2) is 31.6 Å². The van der Waals surface area contributed by atoms with Gasteiger partial charge < -0.3 is 9.84 Å². The molecule has 0 aliphatic carbocycles. The average Bonchev–Trinajstić information content (AvgIpc) is 3.04. The van der Waals surface area contributed by atoms with Crippen LogP contribution in [0.5, 0.6) is 5.75 Å². The van der Waals surface area contributed by atoms with Gasteiger partial charge in [0.2, 0.25) is 0 Å². The summed E-state index contributed by atoms with van der Waals surface area (Å²) in [6.45, 7) is 6.87. The minimum atomic E-state index is -0.809. The zero-order valence-electron chi connectivity index (χ0n) is 12.2. The van der Waals surface area contributed by atoms with E-state index in [0.717, 1.165) is 23.5 Å². The Balaban J connectivity index is 2.44. The molecule has 0 amide bonds. The van der Waals surface area contributed by atoms with Gasteiger partial charge in [0.15, 0.2) is 5.75 Å². The molecule has 0 fully saturated rings. The van der Waals surface area contributed by atoms with Crippen molar-refractivity contribution in [3.8, 4) is 5.75 Å². The van der Waals surface area contributed by atoms with E-state index in [1.165, 1.54) is 11.5 Å². The van der Waals surface area contributed by atoms with Crippen LogP contribution in [0.2, 0.25) is 0 Å². The van der Waals surface area contributed by atoms with E-state index in [2.05, 4.69) is 21.6 Å². The van der Waals surface area contributed by atoms with Crippen molar-refractivity contribution in [1.29, 1.82) is 0 Å². The van der Waals surface area contributed by atoms with Gasteiger partial charge in [-0.25, -0.2) is 0 Å². The Morgan fingerprint density at radius 1 is 1.45 bits per heavy atom. The van der Waals surface area contributed by atoms with Crippen molar-refractivity contribution in [1.82, 2.24) is 19.4 Å². The number of hydrogen-bond acceptors (Lipinski definition) is 6. The topological polar surface area (TPSA) is 73.1 Å². The first-order valence-electron chi connectivity index (χ1n) is 6.70. The maximum Gasteiger partial charge on any atom is 0.163 e. The van der Waals surface area contributed by atoms with Crippen molar-refractivity contribution in [2.45, 2.75) is 45.8 Å². The summed E-state index contributed by atoms with van der Waals surface area (Å²) in [5.41, 5.74) is 1.50. The lowest BCUT2D eigenvalue weighted by Crippen LogP contribution is -2.12. The third kappa shape index (κ3) is 2.69. The highest BCUT2D eigenvalue weighted by molar-refractivity contribution is 7.05. The Bertz CT molecular complexity index is 564. The van der Waals surface area contributed by atoms with E-state index in [1.54, 1.807) is 18.0 Å². The monoisotopic (exact) mass is 296 g/mol. The van der Waals surface area contributed by atoms with Gasteiger partial charge in [-0.15, -0.1) is 5.10 Å². The molecule has 1 atom stereocenters. The van der Waals surface area contributed by atoms with Crippen LogP contribution in [-0.2, 0) is 6.54 Å². The summed E-state index contributed by atoms with van der Waals surface area (Å²) >= 11 is 1.22. The number of aromatic nitrogens is 4. The summed E-state index contributed by atoms with van der Waals surface area (Å²) in [6.07, 6.45) is 1.76. The largest absolute Gasteiger partial charge is 0.493 e. The standard InChI is InChI=1S/C13H20N4O2S/c1-5-6-17-11(9(19-4)7-14-17)12(18)13-10(8(2)3)15-16-20-13/h7-8,12,18H,5-6H2,1-4H3. The molecular weight excluding hydrogens is 276 g/mol. The SMILES string of the molecule is CCCn1ncc(OC)c1C(O)c1snnc1C(C)C. The van der Waals surface area contributed by atoms with Gasteiger partial charge in [-0.3, -0.25) is 4.68 Å². The maximum absolute atomic E-state index is 10.7. The summed E-state index contributed by atoms with van der Waals surface area (Å²) in [5.74, 6) is 0.806. The van der Waals surface area contributed by atoms with Crippen LogP contribution in [0, 0.1) is 0 Å².